The first-order chi connectivity index (χ1) is 16.3. The summed E-state index contributed by atoms with van der Waals surface area (Å²) in [6.07, 6.45) is 3.26. The van der Waals surface area contributed by atoms with Crippen molar-refractivity contribution >= 4 is 17.4 Å². The van der Waals surface area contributed by atoms with E-state index in [-0.39, 0.29) is 23.6 Å². The average molecular weight is 459 g/mol. The Bertz CT molecular complexity index is 1200. The first-order valence-corrected chi connectivity index (χ1v) is 11.0. The van der Waals surface area contributed by atoms with Gasteiger partial charge in [0.1, 0.15) is 17.3 Å². The summed E-state index contributed by atoms with van der Waals surface area (Å²) < 4.78 is 5.69. The molecule has 2 aromatic carbocycles. The van der Waals surface area contributed by atoms with E-state index in [2.05, 4.69) is 4.98 Å². The van der Waals surface area contributed by atoms with Gasteiger partial charge in [-0.1, -0.05) is 32.0 Å². The molecule has 1 aliphatic rings. The van der Waals surface area contributed by atoms with Crippen molar-refractivity contribution in [2.75, 3.05) is 6.61 Å². The lowest BCUT2D eigenvalue weighted by molar-refractivity contribution is -0.140. The zero-order chi connectivity index (χ0) is 24.2. The minimum Gasteiger partial charge on any atom is -0.508 e. The topological polar surface area (TPSA) is 100.0 Å². The molecule has 7 nitrogen and oxygen atoms in total. The molecule has 0 unspecified atom stereocenters. The second-order valence-electron chi connectivity index (χ2n) is 8.61. The van der Waals surface area contributed by atoms with E-state index in [0.717, 1.165) is 5.56 Å². The second-order valence-corrected chi connectivity index (χ2v) is 8.61. The van der Waals surface area contributed by atoms with Crippen LogP contribution in [0.1, 0.15) is 36.6 Å². The van der Waals surface area contributed by atoms with Crippen LogP contribution in [0.25, 0.3) is 5.76 Å². The Morgan fingerprint density at radius 3 is 2.38 bits per heavy atom. The third kappa shape index (κ3) is 4.78. The quantitative estimate of drug-likeness (QED) is 0.308. The molecular weight excluding hydrogens is 432 g/mol. The number of hydrogen-bond donors (Lipinski definition) is 2. The Morgan fingerprint density at radius 2 is 1.76 bits per heavy atom. The summed E-state index contributed by atoms with van der Waals surface area (Å²) in [5.41, 5.74) is 1.75. The van der Waals surface area contributed by atoms with E-state index in [0.29, 0.717) is 29.4 Å². The summed E-state index contributed by atoms with van der Waals surface area (Å²) in [5, 5.41) is 20.9. The summed E-state index contributed by atoms with van der Waals surface area (Å²) in [7, 11) is 0. The lowest BCUT2D eigenvalue weighted by Crippen LogP contribution is -2.29. The summed E-state index contributed by atoms with van der Waals surface area (Å²) in [6, 6.07) is 15.8. The molecular formula is C27H26N2O5. The number of carbonyl (C=O) groups excluding carboxylic acids is 2. The largest absolute Gasteiger partial charge is 0.508 e. The van der Waals surface area contributed by atoms with Crippen LogP contribution in [0.5, 0.6) is 11.5 Å². The van der Waals surface area contributed by atoms with E-state index in [4.69, 9.17) is 4.74 Å². The highest BCUT2D eigenvalue weighted by molar-refractivity contribution is 6.46. The van der Waals surface area contributed by atoms with Crippen molar-refractivity contribution in [1.29, 1.82) is 0 Å². The molecule has 1 aliphatic heterocycles. The monoisotopic (exact) mass is 458 g/mol. The van der Waals surface area contributed by atoms with Crippen LogP contribution in [0.3, 0.4) is 0 Å². The number of nitrogens with zero attached hydrogens (tertiary/aromatic N) is 2. The van der Waals surface area contributed by atoms with Crippen molar-refractivity contribution < 1.29 is 24.5 Å². The highest BCUT2D eigenvalue weighted by Gasteiger charge is 2.46. The van der Waals surface area contributed by atoms with Gasteiger partial charge in [-0.3, -0.25) is 14.6 Å². The third-order valence-corrected chi connectivity index (χ3v) is 5.54. The number of aliphatic hydroxyl groups excluding tert-OH is 1. The molecule has 3 aromatic rings. The molecule has 1 amide bonds. The van der Waals surface area contributed by atoms with Gasteiger partial charge in [0, 0.05) is 24.5 Å². The maximum absolute atomic E-state index is 13.1. The number of ketones is 1. The fraction of sp³-hybridized carbons (Fsp3) is 0.222. The Balaban J connectivity index is 1.75. The van der Waals surface area contributed by atoms with Crippen LogP contribution in [0, 0.1) is 5.92 Å². The SMILES string of the molecule is CC(C)COc1ccc(/C(O)=C2\C(=O)C(=O)N(Cc3cccnc3)[C@H]2c2ccc(O)cc2)cc1. The molecule has 34 heavy (non-hydrogen) atoms. The number of aromatic nitrogens is 1. The number of ether oxygens (including phenoxy) is 1. The van der Waals surface area contributed by atoms with Crippen LogP contribution in [0.15, 0.2) is 78.6 Å². The van der Waals surface area contributed by atoms with E-state index in [1.165, 1.54) is 17.0 Å². The molecule has 1 aromatic heterocycles. The van der Waals surface area contributed by atoms with E-state index in [1.54, 1.807) is 54.9 Å². The molecule has 1 fully saturated rings. The van der Waals surface area contributed by atoms with Crippen molar-refractivity contribution in [3.05, 3.63) is 95.3 Å². The third-order valence-electron chi connectivity index (χ3n) is 5.54. The number of hydrogen-bond acceptors (Lipinski definition) is 6. The Kier molecular flexibility index (Phi) is 6.63. The number of aliphatic hydroxyl groups is 1. The zero-order valence-corrected chi connectivity index (χ0v) is 19.0. The number of pyridine rings is 1. The molecule has 7 heteroatoms. The maximum Gasteiger partial charge on any atom is 0.295 e. The Labute approximate surface area is 198 Å². The van der Waals surface area contributed by atoms with Crippen LogP contribution < -0.4 is 4.74 Å². The molecule has 1 saturated heterocycles. The molecule has 4 rings (SSSR count). The highest BCUT2D eigenvalue weighted by atomic mass is 16.5. The maximum atomic E-state index is 13.1. The van der Waals surface area contributed by atoms with Gasteiger partial charge < -0.3 is 19.8 Å². The van der Waals surface area contributed by atoms with E-state index < -0.39 is 17.7 Å². The van der Waals surface area contributed by atoms with E-state index in [1.807, 2.05) is 19.9 Å². The van der Waals surface area contributed by atoms with Crippen molar-refractivity contribution in [3.8, 4) is 11.5 Å². The molecule has 0 radical (unpaired) electrons. The minimum absolute atomic E-state index is 0.00423. The number of carbonyl (C=O) groups is 2. The summed E-state index contributed by atoms with van der Waals surface area (Å²) in [6.45, 7) is 4.80. The molecule has 0 spiro atoms. The fourth-order valence-corrected chi connectivity index (χ4v) is 3.86. The number of Topliss-reactive ketones (excluding diaryl/α,β-unsaturated/α-hetero) is 1. The molecule has 2 heterocycles. The van der Waals surface area contributed by atoms with Gasteiger partial charge in [-0.25, -0.2) is 0 Å². The number of aromatic hydroxyl groups is 1. The van der Waals surface area contributed by atoms with Gasteiger partial charge in [0.05, 0.1) is 18.2 Å². The summed E-state index contributed by atoms with van der Waals surface area (Å²) in [4.78, 5) is 31.7. The average Bonchev–Trinajstić information content (AvgIpc) is 3.08. The van der Waals surface area contributed by atoms with Crippen molar-refractivity contribution in [2.45, 2.75) is 26.4 Å². The van der Waals surface area contributed by atoms with Crippen LogP contribution in [-0.2, 0) is 16.1 Å². The normalized spacial score (nSPS) is 17.4. The first kappa shape index (κ1) is 23.0. The van der Waals surface area contributed by atoms with Crippen molar-refractivity contribution in [2.24, 2.45) is 5.92 Å². The standard InChI is InChI=1S/C27H26N2O5/c1-17(2)16-34-22-11-7-20(8-12-22)25(31)23-24(19-5-9-21(30)10-6-19)29(27(33)26(23)32)15-18-4-3-13-28-14-18/h3-14,17,24,30-31H,15-16H2,1-2H3/b25-23+/t24-/m0/s1. The van der Waals surface area contributed by atoms with Gasteiger partial charge in [0.25, 0.3) is 11.7 Å². The number of rotatable bonds is 7. The Morgan fingerprint density at radius 1 is 1.06 bits per heavy atom. The van der Waals surface area contributed by atoms with Crippen LogP contribution in [0.4, 0.5) is 0 Å². The molecule has 0 bridgehead atoms. The molecule has 174 valence electrons. The van der Waals surface area contributed by atoms with E-state index in [9.17, 15) is 19.8 Å². The number of phenols is 1. The lowest BCUT2D eigenvalue weighted by atomic mass is 9.95. The van der Waals surface area contributed by atoms with Crippen molar-refractivity contribution in [3.63, 3.8) is 0 Å². The second kappa shape index (κ2) is 9.79. The zero-order valence-electron chi connectivity index (χ0n) is 19.0. The van der Waals surface area contributed by atoms with Crippen LogP contribution in [0.2, 0.25) is 0 Å². The van der Waals surface area contributed by atoms with Crippen LogP contribution in [-0.4, -0.2) is 38.4 Å². The van der Waals surface area contributed by atoms with Crippen molar-refractivity contribution in [1.82, 2.24) is 9.88 Å². The van der Waals surface area contributed by atoms with Crippen LogP contribution >= 0.6 is 0 Å². The lowest BCUT2D eigenvalue weighted by Gasteiger charge is -2.25. The number of amides is 1. The predicted molar refractivity (Wildman–Crippen MR) is 127 cm³/mol. The number of likely N-dealkylation sites (tertiary alicyclic amines) is 1. The minimum atomic E-state index is -0.822. The van der Waals surface area contributed by atoms with Gasteiger partial charge in [-0.15, -0.1) is 0 Å². The van der Waals surface area contributed by atoms with E-state index >= 15 is 0 Å². The predicted octanol–water partition coefficient (Wildman–Crippen LogP) is 4.44. The van der Waals surface area contributed by atoms with Gasteiger partial charge >= 0.3 is 0 Å². The first-order valence-electron chi connectivity index (χ1n) is 11.0. The Hall–Kier alpha value is -4.13. The van der Waals surface area contributed by atoms with Gasteiger partial charge in [-0.05, 0) is 59.5 Å². The number of phenolic OH excluding ortho intramolecular Hbond substituents is 1. The summed E-state index contributed by atoms with van der Waals surface area (Å²) >= 11 is 0. The molecule has 0 saturated carbocycles. The molecule has 1 atom stereocenters. The molecule has 2 N–H and O–H groups in total. The highest BCUT2D eigenvalue weighted by Crippen LogP contribution is 2.40. The van der Waals surface area contributed by atoms with Gasteiger partial charge in [0.2, 0.25) is 0 Å². The molecule has 0 aliphatic carbocycles. The van der Waals surface area contributed by atoms with Gasteiger partial charge in [0.15, 0.2) is 0 Å². The smallest absolute Gasteiger partial charge is 0.295 e. The number of benzene rings is 2. The van der Waals surface area contributed by atoms with Gasteiger partial charge in [-0.2, -0.15) is 0 Å². The summed E-state index contributed by atoms with van der Waals surface area (Å²) in [5.74, 6) is -0.656. The fourth-order valence-electron chi connectivity index (χ4n) is 3.86.